The average molecular weight is 425 g/mol. The molecule has 3 N–H and O–H groups in total. The molecule has 3 rings (SSSR count). The zero-order valence-corrected chi connectivity index (χ0v) is 18.7. The minimum Gasteiger partial charge on any atom is -0.418 e. The quantitative estimate of drug-likeness (QED) is 0.501. The van der Waals surface area contributed by atoms with E-state index in [1.54, 1.807) is 6.92 Å². The third-order valence-corrected chi connectivity index (χ3v) is 4.45. The summed E-state index contributed by atoms with van der Waals surface area (Å²) < 4.78 is 5.56. The number of oxazole rings is 1. The van der Waals surface area contributed by atoms with Gasteiger partial charge in [0.15, 0.2) is 0 Å². The molecule has 0 aliphatic rings. The van der Waals surface area contributed by atoms with E-state index in [1.165, 1.54) is 6.20 Å². The first-order chi connectivity index (χ1) is 14.7. The molecule has 0 bridgehead atoms. The second-order valence-electron chi connectivity index (χ2n) is 7.64. The molecule has 0 spiro atoms. The Morgan fingerprint density at radius 2 is 1.71 bits per heavy atom. The van der Waals surface area contributed by atoms with Crippen LogP contribution in [0.2, 0.25) is 0 Å². The molecule has 164 valence electrons. The fourth-order valence-electron chi connectivity index (χ4n) is 3.09. The van der Waals surface area contributed by atoms with Crippen LogP contribution in [-0.2, 0) is 0 Å². The van der Waals surface area contributed by atoms with Crippen LogP contribution in [0.5, 0.6) is 0 Å². The Morgan fingerprint density at radius 1 is 1.03 bits per heavy atom. The molecule has 0 unspecified atom stereocenters. The number of carbonyl (C=O) groups excluding carboxylic acids is 1. The number of nitrogens with zero attached hydrogens (tertiary/aromatic N) is 5. The molecule has 0 aliphatic carbocycles. The van der Waals surface area contributed by atoms with E-state index in [4.69, 9.17) is 4.42 Å². The van der Waals surface area contributed by atoms with E-state index >= 15 is 0 Å². The molecule has 0 aliphatic heterocycles. The van der Waals surface area contributed by atoms with E-state index in [-0.39, 0.29) is 23.6 Å². The van der Waals surface area contributed by atoms with Gasteiger partial charge in [-0.25, -0.2) is 4.98 Å². The topological polar surface area (TPSA) is 121 Å². The molecule has 2 aromatic heterocycles. The van der Waals surface area contributed by atoms with Crippen LogP contribution in [-0.4, -0.2) is 57.9 Å². The molecule has 1 amide bonds. The number of benzene rings is 1. The first-order valence-electron chi connectivity index (χ1n) is 9.94. The Balaban J connectivity index is 1.68. The van der Waals surface area contributed by atoms with Gasteiger partial charge in [-0.1, -0.05) is 17.7 Å². The Kier molecular flexibility index (Phi) is 6.81. The smallest absolute Gasteiger partial charge is 0.302 e. The van der Waals surface area contributed by atoms with Gasteiger partial charge in [0.05, 0.1) is 6.20 Å². The zero-order chi connectivity index (χ0) is 22.5. The van der Waals surface area contributed by atoms with Crippen LogP contribution in [0.1, 0.15) is 33.1 Å². The van der Waals surface area contributed by atoms with Crippen LogP contribution < -0.4 is 16.0 Å². The Labute approximate surface area is 181 Å². The number of aryl methyl sites for hydroxylation is 4. The van der Waals surface area contributed by atoms with E-state index in [9.17, 15) is 4.79 Å². The van der Waals surface area contributed by atoms with E-state index in [1.807, 2.05) is 47.0 Å². The number of anilines is 4. The van der Waals surface area contributed by atoms with Crippen LogP contribution in [0, 0.1) is 27.7 Å². The van der Waals surface area contributed by atoms with Crippen molar-refractivity contribution in [3.05, 3.63) is 46.6 Å². The van der Waals surface area contributed by atoms with E-state index in [2.05, 4.69) is 40.8 Å². The molecular formula is C21H28N8O2. The lowest BCUT2D eigenvalue weighted by Gasteiger charge is -2.11. The van der Waals surface area contributed by atoms with Gasteiger partial charge in [0.25, 0.3) is 5.91 Å². The molecule has 1 aromatic carbocycles. The van der Waals surface area contributed by atoms with Gasteiger partial charge in [-0.2, -0.15) is 15.0 Å². The molecule has 0 radical (unpaired) electrons. The number of carbonyl (C=O) groups is 1. The lowest BCUT2D eigenvalue weighted by Crippen LogP contribution is -2.22. The molecule has 0 fully saturated rings. The Hall–Kier alpha value is -3.53. The van der Waals surface area contributed by atoms with Crippen LogP contribution in [0.15, 0.2) is 22.7 Å². The van der Waals surface area contributed by atoms with Gasteiger partial charge < -0.3 is 20.0 Å². The van der Waals surface area contributed by atoms with Gasteiger partial charge in [-0.05, 0) is 52.9 Å². The summed E-state index contributed by atoms with van der Waals surface area (Å²) >= 11 is 0. The standard InChI is InChI=1S/C21H28N8O2/c1-12-9-13(2)17(14(3)10-12)26-18(30)16-11-23-21(31-16)28-20-25-15(4)24-19(27-20)22-7-8-29(5)6/h9-11H,7-8H2,1-6H3,(H,26,30)(H2,22,23,24,25,27,28). The highest BCUT2D eigenvalue weighted by Crippen LogP contribution is 2.23. The first-order valence-corrected chi connectivity index (χ1v) is 9.94. The third kappa shape index (κ3) is 5.98. The van der Waals surface area contributed by atoms with Gasteiger partial charge in [-0.15, -0.1) is 0 Å². The highest BCUT2D eigenvalue weighted by Gasteiger charge is 2.16. The highest BCUT2D eigenvalue weighted by molar-refractivity contribution is 6.03. The van der Waals surface area contributed by atoms with Crippen molar-refractivity contribution >= 4 is 29.5 Å². The predicted octanol–water partition coefficient (Wildman–Crippen LogP) is 3.06. The molecule has 31 heavy (non-hydrogen) atoms. The molecule has 0 saturated carbocycles. The van der Waals surface area contributed by atoms with Gasteiger partial charge in [0.1, 0.15) is 5.82 Å². The monoisotopic (exact) mass is 424 g/mol. The van der Waals surface area contributed by atoms with Crippen molar-refractivity contribution in [3.8, 4) is 0 Å². The van der Waals surface area contributed by atoms with Crippen LogP contribution in [0.3, 0.4) is 0 Å². The number of rotatable bonds is 8. The minimum atomic E-state index is -0.381. The number of hydrogen-bond donors (Lipinski definition) is 3. The number of hydrogen-bond acceptors (Lipinski definition) is 9. The molecule has 2 heterocycles. The number of likely N-dealkylation sites (N-methyl/N-ethyl adjacent to an activating group) is 1. The highest BCUT2D eigenvalue weighted by atomic mass is 16.4. The summed E-state index contributed by atoms with van der Waals surface area (Å²) in [5.74, 6) is 0.968. The summed E-state index contributed by atoms with van der Waals surface area (Å²) in [6, 6.07) is 4.15. The summed E-state index contributed by atoms with van der Waals surface area (Å²) in [5, 5.41) is 8.93. The zero-order valence-electron chi connectivity index (χ0n) is 18.7. The number of nitrogens with one attached hydrogen (secondary N) is 3. The summed E-state index contributed by atoms with van der Waals surface area (Å²) in [5.41, 5.74) is 3.88. The normalized spacial score (nSPS) is 10.9. The van der Waals surface area contributed by atoms with Crippen molar-refractivity contribution in [1.82, 2.24) is 24.8 Å². The molecule has 0 saturated heterocycles. The van der Waals surface area contributed by atoms with Gasteiger partial charge >= 0.3 is 6.01 Å². The van der Waals surface area contributed by atoms with Crippen molar-refractivity contribution < 1.29 is 9.21 Å². The Bertz CT molecular complexity index is 1050. The molecule has 0 atom stereocenters. The fraction of sp³-hybridized carbons (Fsp3) is 0.381. The lowest BCUT2D eigenvalue weighted by atomic mass is 10.1. The molecule has 10 nitrogen and oxygen atoms in total. The van der Waals surface area contributed by atoms with E-state index in [0.29, 0.717) is 18.3 Å². The Morgan fingerprint density at radius 3 is 2.39 bits per heavy atom. The minimum absolute atomic E-state index is 0.0805. The lowest BCUT2D eigenvalue weighted by molar-refractivity contribution is 0.0997. The molecule has 3 aromatic rings. The van der Waals surface area contributed by atoms with Gasteiger partial charge in [0.2, 0.25) is 17.7 Å². The van der Waals surface area contributed by atoms with Crippen molar-refractivity contribution in [2.75, 3.05) is 43.1 Å². The largest absolute Gasteiger partial charge is 0.418 e. The van der Waals surface area contributed by atoms with E-state index < -0.39 is 0 Å². The maximum atomic E-state index is 12.6. The maximum Gasteiger partial charge on any atom is 0.302 e. The van der Waals surface area contributed by atoms with Crippen LogP contribution in [0.4, 0.5) is 23.6 Å². The van der Waals surface area contributed by atoms with Gasteiger partial charge in [-0.3, -0.25) is 10.1 Å². The van der Waals surface area contributed by atoms with Crippen molar-refractivity contribution in [2.45, 2.75) is 27.7 Å². The number of aromatic nitrogens is 4. The van der Waals surface area contributed by atoms with E-state index in [0.717, 1.165) is 28.9 Å². The van der Waals surface area contributed by atoms with Gasteiger partial charge in [0, 0.05) is 18.8 Å². The maximum absolute atomic E-state index is 12.6. The summed E-state index contributed by atoms with van der Waals surface area (Å²) in [4.78, 5) is 31.6. The van der Waals surface area contributed by atoms with Crippen molar-refractivity contribution in [3.63, 3.8) is 0 Å². The van der Waals surface area contributed by atoms with Crippen LogP contribution in [0.25, 0.3) is 0 Å². The second-order valence-corrected chi connectivity index (χ2v) is 7.64. The summed E-state index contributed by atoms with van der Waals surface area (Å²) in [6.07, 6.45) is 1.36. The molecular weight excluding hydrogens is 396 g/mol. The van der Waals surface area contributed by atoms with Crippen molar-refractivity contribution in [2.24, 2.45) is 0 Å². The third-order valence-electron chi connectivity index (χ3n) is 4.45. The van der Waals surface area contributed by atoms with Crippen molar-refractivity contribution in [1.29, 1.82) is 0 Å². The summed E-state index contributed by atoms with van der Waals surface area (Å²) in [7, 11) is 3.98. The molecule has 10 heteroatoms. The second kappa shape index (κ2) is 9.52. The first kappa shape index (κ1) is 22.2. The SMILES string of the molecule is Cc1cc(C)c(NC(=O)c2cnc(Nc3nc(C)nc(NCCN(C)C)n3)o2)c(C)c1. The fourth-order valence-corrected chi connectivity index (χ4v) is 3.09. The number of amides is 1. The average Bonchev–Trinajstić information content (AvgIpc) is 3.12. The predicted molar refractivity (Wildman–Crippen MR) is 120 cm³/mol. The van der Waals surface area contributed by atoms with Crippen LogP contribution >= 0.6 is 0 Å². The summed E-state index contributed by atoms with van der Waals surface area (Å²) in [6.45, 7) is 9.23.